The first-order chi connectivity index (χ1) is 21.0. The summed E-state index contributed by atoms with van der Waals surface area (Å²) in [5.41, 5.74) is -0.808. The maximum absolute atomic E-state index is 16.5. The molecule has 1 amide bonds. The van der Waals surface area contributed by atoms with E-state index in [4.69, 9.17) is 0 Å². The number of rotatable bonds is 4. The monoisotopic (exact) mass is 605 g/mol. The Morgan fingerprint density at radius 1 is 1.16 bits per heavy atom. The number of amides is 1. The number of nitrogens with one attached hydrogen (secondary N) is 1. The summed E-state index contributed by atoms with van der Waals surface area (Å²) in [6, 6.07) is 3.08. The van der Waals surface area contributed by atoms with Crippen molar-refractivity contribution in [3.63, 3.8) is 0 Å². The fourth-order valence-corrected chi connectivity index (χ4v) is 6.08. The van der Waals surface area contributed by atoms with Gasteiger partial charge in [-0.3, -0.25) is 9.78 Å². The van der Waals surface area contributed by atoms with Crippen molar-refractivity contribution in [1.82, 2.24) is 24.4 Å². The number of anilines is 2. The minimum absolute atomic E-state index is 0.0785. The van der Waals surface area contributed by atoms with Gasteiger partial charge in [-0.2, -0.15) is 4.98 Å². The molecule has 4 aromatic rings. The summed E-state index contributed by atoms with van der Waals surface area (Å²) in [6.07, 6.45) is 3.29. The molecule has 44 heavy (non-hydrogen) atoms. The molecule has 3 aromatic heterocycles. The molecule has 13 heteroatoms. The zero-order valence-electron chi connectivity index (χ0n) is 24.4. The van der Waals surface area contributed by atoms with Crippen LogP contribution in [0.25, 0.3) is 28.0 Å². The van der Waals surface area contributed by atoms with Crippen molar-refractivity contribution in [2.45, 2.75) is 39.2 Å². The third-order valence-corrected chi connectivity index (χ3v) is 8.20. The van der Waals surface area contributed by atoms with E-state index >= 15 is 8.78 Å². The van der Waals surface area contributed by atoms with Crippen molar-refractivity contribution in [1.29, 1.82) is 0 Å². The fourth-order valence-electron chi connectivity index (χ4n) is 6.08. The number of carbonyl (C=O) groups excluding carboxylic acids is 1. The molecule has 1 atom stereocenters. The van der Waals surface area contributed by atoms with Crippen LogP contribution in [0.15, 0.2) is 41.8 Å². The first kappa shape index (κ1) is 29.1. The molecular formula is C31H30F3N7O3. The number of aromatic hydroxyl groups is 1. The Hall–Kier alpha value is -4.94. The molecule has 0 saturated carbocycles. The van der Waals surface area contributed by atoms with Gasteiger partial charge in [0.05, 0.1) is 28.0 Å². The lowest BCUT2D eigenvalue weighted by Gasteiger charge is -2.43. The van der Waals surface area contributed by atoms with Gasteiger partial charge in [-0.25, -0.2) is 27.5 Å². The van der Waals surface area contributed by atoms with Gasteiger partial charge in [-0.05, 0) is 49.1 Å². The molecule has 2 N–H and O–H groups in total. The average Bonchev–Trinajstić information content (AvgIpc) is 2.99. The van der Waals surface area contributed by atoms with Crippen LogP contribution in [0.1, 0.15) is 37.4 Å². The second-order valence-electron chi connectivity index (χ2n) is 11.2. The van der Waals surface area contributed by atoms with Gasteiger partial charge in [0.2, 0.25) is 5.91 Å². The molecule has 1 fully saturated rings. The number of aryl methyl sites for hydroxylation is 1. The molecule has 1 unspecified atom stereocenters. The van der Waals surface area contributed by atoms with Gasteiger partial charge >= 0.3 is 5.69 Å². The van der Waals surface area contributed by atoms with Crippen LogP contribution in [-0.2, 0) is 4.79 Å². The summed E-state index contributed by atoms with van der Waals surface area (Å²) >= 11 is 0. The lowest BCUT2D eigenvalue weighted by molar-refractivity contribution is -0.126. The summed E-state index contributed by atoms with van der Waals surface area (Å²) < 4.78 is 47.3. The van der Waals surface area contributed by atoms with Crippen molar-refractivity contribution < 1.29 is 23.1 Å². The number of phenols is 1. The Bertz CT molecular complexity index is 1910. The molecule has 2 aliphatic heterocycles. The number of phenolic OH excluding ortho intramolecular Hbond substituents is 1. The summed E-state index contributed by atoms with van der Waals surface area (Å²) in [6.45, 7) is 10.3. The summed E-state index contributed by atoms with van der Waals surface area (Å²) in [7, 11) is 0. The third-order valence-electron chi connectivity index (χ3n) is 8.20. The van der Waals surface area contributed by atoms with Crippen molar-refractivity contribution >= 4 is 28.4 Å². The standard InChI is InChI=1S/C31H30F3N7O3/c1-5-20(43)39-12-13-40-17(14-39)9-11-36-26-22-29(40)38-31(44)41(28-16(4)8-10-35-25(28)15(2)3)30(22)37-27(24(26)34)21-19(42)7-6-18(32)23(21)33/h5-8,10,15,17,36,42H,1,9,11-14H2,2-4H3. The lowest BCUT2D eigenvalue weighted by atomic mass is 10.0. The van der Waals surface area contributed by atoms with Gasteiger partial charge in [0.25, 0.3) is 0 Å². The minimum atomic E-state index is -1.49. The van der Waals surface area contributed by atoms with Gasteiger partial charge < -0.3 is 20.2 Å². The SMILES string of the molecule is C=CC(=O)N1CCN2c3nc(=O)n(-c4c(C)ccnc4C(C)C)c4nc(-c5c(O)ccc(F)c5F)c(F)c(c34)NCCC2C1. The second-order valence-corrected chi connectivity index (χ2v) is 11.2. The Morgan fingerprint density at radius 3 is 2.66 bits per heavy atom. The number of carbonyl (C=O) groups is 1. The smallest absolute Gasteiger partial charge is 0.355 e. The van der Waals surface area contributed by atoms with E-state index in [1.165, 1.54) is 10.6 Å². The second kappa shape index (κ2) is 11.0. The normalized spacial score (nSPS) is 16.4. The molecule has 1 aromatic carbocycles. The first-order valence-electron chi connectivity index (χ1n) is 14.2. The van der Waals surface area contributed by atoms with Crippen LogP contribution in [0, 0.1) is 24.4 Å². The summed E-state index contributed by atoms with van der Waals surface area (Å²) in [5.74, 6) is -4.78. The van der Waals surface area contributed by atoms with Gasteiger partial charge in [-0.1, -0.05) is 20.4 Å². The lowest BCUT2D eigenvalue weighted by Crippen LogP contribution is -2.56. The number of nitrogens with zero attached hydrogens (tertiary/aromatic N) is 6. The zero-order valence-corrected chi connectivity index (χ0v) is 24.4. The first-order valence-corrected chi connectivity index (χ1v) is 14.2. The molecule has 0 radical (unpaired) electrons. The van der Waals surface area contributed by atoms with Crippen molar-refractivity contribution in [2.24, 2.45) is 0 Å². The van der Waals surface area contributed by atoms with Crippen LogP contribution in [0.2, 0.25) is 0 Å². The largest absolute Gasteiger partial charge is 0.507 e. The van der Waals surface area contributed by atoms with Gasteiger partial charge in [0, 0.05) is 38.4 Å². The third kappa shape index (κ3) is 4.54. The van der Waals surface area contributed by atoms with E-state index in [0.717, 1.165) is 12.1 Å². The Labute approximate surface area is 250 Å². The number of aromatic nitrogens is 4. The van der Waals surface area contributed by atoms with E-state index in [1.54, 1.807) is 24.1 Å². The van der Waals surface area contributed by atoms with E-state index in [1.807, 2.05) is 18.7 Å². The number of piperazine rings is 1. The predicted octanol–water partition coefficient (Wildman–Crippen LogP) is 4.42. The van der Waals surface area contributed by atoms with E-state index in [2.05, 4.69) is 26.8 Å². The fraction of sp³-hybridized carbons (Fsp3) is 0.323. The highest BCUT2D eigenvalue weighted by atomic mass is 19.2. The molecule has 228 valence electrons. The highest BCUT2D eigenvalue weighted by molar-refractivity contribution is 6.02. The number of hydrogen-bond acceptors (Lipinski definition) is 8. The Kier molecular flexibility index (Phi) is 7.26. The van der Waals surface area contributed by atoms with E-state index < -0.39 is 40.1 Å². The maximum atomic E-state index is 16.5. The summed E-state index contributed by atoms with van der Waals surface area (Å²) in [4.78, 5) is 43.4. The Morgan fingerprint density at radius 2 is 1.93 bits per heavy atom. The van der Waals surface area contributed by atoms with Crippen LogP contribution in [0.5, 0.6) is 5.75 Å². The summed E-state index contributed by atoms with van der Waals surface area (Å²) in [5, 5.41) is 13.8. The van der Waals surface area contributed by atoms with Crippen LogP contribution in [0.3, 0.4) is 0 Å². The van der Waals surface area contributed by atoms with Crippen LogP contribution >= 0.6 is 0 Å². The molecule has 5 heterocycles. The number of hydrogen-bond donors (Lipinski definition) is 2. The van der Waals surface area contributed by atoms with Crippen LogP contribution in [-0.4, -0.2) is 67.7 Å². The van der Waals surface area contributed by atoms with Crippen molar-refractivity contribution in [3.05, 3.63) is 76.2 Å². The van der Waals surface area contributed by atoms with Crippen molar-refractivity contribution in [3.8, 4) is 22.7 Å². The number of halogens is 3. The van der Waals surface area contributed by atoms with Gasteiger partial charge in [-0.15, -0.1) is 0 Å². The molecule has 0 aliphatic carbocycles. The van der Waals surface area contributed by atoms with E-state index in [-0.39, 0.29) is 47.0 Å². The van der Waals surface area contributed by atoms with Crippen LogP contribution in [0.4, 0.5) is 24.7 Å². The quantitative estimate of drug-likeness (QED) is 0.329. The average molecular weight is 606 g/mol. The predicted molar refractivity (Wildman–Crippen MR) is 160 cm³/mol. The number of benzene rings is 1. The van der Waals surface area contributed by atoms with Gasteiger partial charge in [0.1, 0.15) is 17.3 Å². The molecule has 2 aliphatic rings. The highest BCUT2D eigenvalue weighted by Crippen LogP contribution is 2.42. The number of pyridine rings is 2. The number of fused-ring (bicyclic) bond motifs is 2. The topological polar surface area (TPSA) is 116 Å². The molecule has 1 saturated heterocycles. The highest BCUT2D eigenvalue weighted by Gasteiger charge is 2.36. The van der Waals surface area contributed by atoms with Crippen LogP contribution < -0.4 is 15.9 Å². The van der Waals surface area contributed by atoms with E-state index in [9.17, 15) is 19.1 Å². The minimum Gasteiger partial charge on any atom is -0.507 e. The molecule has 10 nitrogen and oxygen atoms in total. The molecule has 0 bridgehead atoms. The van der Waals surface area contributed by atoms with Crippen molar-refractivity contribution in [2.75, 3.05) is 36.4 Å². The van der Waals surface area contributed by atoms with Gasteiger partial charge in [0.15, 0.2) is 23.1 Å². The Balaban J connectivity index is 1.73. The molecule has 6 rings (SSSR count). The molecule has 0 spiro atoms. The maximum Gasteiger partial charge on any atom is 0.355 e. The zero-order chi connectivity index (χ0) is 31.4. The van der Waals surface area contributed by atoms with E-state index in [0.29, 0.717) is 43.0 Å². The molecular weight excluding hydrogens is 575 g/mol.